The zero-order valence-electron chi connectivity index (χ0n) is 23.5. The number of hydrogen-bond acceptors (Lipinski definition) is 2. The normalized spacial score (nSPS) is 15.8. The van der Waals surface area contributed by atoms with E-state index in [-0.39, 0.29) is 11.9 Å². The monoisotopic (exact) mass is 568 g/mol. The van der Waals surface area contributed by atoms with Gasteiger partial charge in [-0.25, -0.2) is 0 Å². The Bertz CT molecular complexity index is 1490. The van der Waals surface area contributed by atoms with Crippen molar-refractivity contribution in [2.45, 2.75) is 50.2 Å². The van der Waals surface area contributed by atoms with Crippen LogP contribution in [0.4, 0.5) is 13.2 Å². The number of hydrogen-bond donors (Lipinski definition) is 1. The number of unbranched alkanes of at least 4 members (excludes halogenated alkanes) is 1. The Labute approximate surface area is 245 Å². The van der Waals surface area contributed by atoms with Crippen LogP contribution in [0, 0.1) is 0 Å². The fraction of sp³-hybridized carbons (Fsp3) is 0.306. The molecular formula is C36H35F3N2O. The van der Waals surface area contributed by atoms with Crippen molar-refractivity contribution in [3.63, 3.8) is 0 Å². The summed E-state index contributed by atoms with van der Waals surface area (Å²) in [6, 6.07) is 29.7. The van der Waals surface area contributed by atoms with Gasteiger partial charge in [-0.2, -0.15) is 13.2 Å². The Morgan fingerprint density at radius 1 is 0.738 bits per heavy atom. The van der Waals surface area contributed by atoms with Crippen molar-refractivity contribution < 1.29 is 18.0 Å². The van der Waals surface area contributed by atoms with Gasteiger partial charge >= 0.3 is 6.18 Å². The lowest BCUT2D eigenvalue weighted by molar-refractivity contribution is -0.137. The standard InChI is InChI=1S/C36H35F3N2O/c37-36(38,39)26-18-16-25(17-19-26)28-9-1-6-15-34(28)35(42)40-27-20-23-41(24-21-27)22-8-7-14-33-31-12-4-2-10-29(31)30-11-3-5-13-32(30)33/h1-6,9-13,15-19,27,33H,7-8,14,20-24H2,(H,40,42). The summed E-state index contributed by atoms with van der Waals surface area (Å²) in [7, 11) is 0. The molecule has 4 aromatic rings. The summed E-state index contributed by atoms with van der Waals surface area (Å²) in [5.41, 5.74) is 6.67. The van der Waals surface area contributed by atoms with Crippen LogP contribution in [-0.4, -0.2) is 36.5 Å². The maximum Gasteiger partial charge on any atom is 0.416 e. The molecule has 3 nitrogen and oxygen atoms in total. The molecule has 0 unspecified atom stereocenters. The van der Waals surface area contributed by atoms with Crippen molar-refractivity contribution in [2.24, 2.45) is 0 Å². The molecule has 0 aromatic heterocycles. The molecule has 1 N–H and O–H groups in total. The Balaban J connectivity index is 0.984. The van der Waals surface area contributed by atoms with Gasteiger partial charge < -0.3 is 10.2 Å². The first-order chi connectivity index (χ1) is 20.4. The van der Waals surface area contributed by atoms with E-state index >= 15 is 0 Å². The lowest BCUT2D eigenvalue weighted by atomic mass is 9.91. The summed E-state index contributed by atoms with van der Waals surface area (Å²) in [6.07, 6.45) is 0.857. The number of rotatable bonds is 8. The third-order valence-corrected chi connectivity index (χ3v) is 8.80. The van der Waals surface area contributed by atoms with Crippen LogP contribution in [0.25, 0.3) is 22.3 Å². The average molecular weight is 569 g/mol. The number of nitrogens with zero attached hydrogens (tertiary/aromatic N) is 1. The Morgan fingerprint density at radius 3 is 1.93 bits per heavy atom. The third kappa shape index (κ3) is 6.00. The van der Waals surface area contributed by atoms with Gasteiger partial charge in [0, 0.05) is 30.6 Å². The van der Waals surface area contributed by atoms with E-state index in [4.69, 9.17) is 0 Å². The van der Waals surface area contributed by atoms with Crippen LogP contribution < -0.4 is 5.32 Å². The molecule has 4 aromatic carbocycles. The van der Waals surface area contributed by atoms with Crippen LogP contribution in [0.5, 0.6) is 0 Å². The molecule has 0 spiro atoms. The first-order valence-electron chi connectivity index (χ1n) is 14.9. The van der Waals surface area contributed by atoms with E-state index in [1.54, 1.807) is 24.3 Å². The van der Waals surface area contributed by atoms with E-state index in [2.05, 4.69) is 58.7 Å². The molecule has 1 amide bonds. The summed E-state index contributed by atoms with van der Waals surface area (Å²) in [4.78, 5) is 15.7. The van der Waals surface area contributed by atoms with Crippen LogP contribution in [-0.2, 0) is 6.18 Å². The highest BCUT2D eigenvalue weighted by Gasteiger charge is 2.30. The molecule has 0 atom stereocenters. The number of carbonyl (C=O) groups is 1. The molecule has 6 rings (SSSR count). The maximum atomic E-state index is 13.2. The highest BCUT2D eigenvalue weighted by Crippen LogP contribution is 2.46. The van der Waals surface area contributed by atoms with Crippen LogP contribution in [0.1, 0.15) is 65.1 Å². The Kier molecular flexibility index (Phi) is 8.16. The van der Waals surface area contributed by atoms with Crippen molar-refractivity contribution in [3.05, 3.63) is 119 Å². The SMILES string of the molecule is O=C(NC1CCN(CCCCC2c3ccccc3-c3ccccc32)CC1)c1ccccc1-c1ccc(C(F)(F)F)cc1. The molecule has 42 heavy (non-hydrogen) atoms. The molecule has 0 saturated carbocycles. The highest BCUT2D eigenvalue weighted by atomic mass is 19.4. The first kappa shape index (κ1) is 28.2. The van der Waals surface area contributed by atoms with Crippen molar-refractivity contribution in [1.29, 1.82) is 0 Å². The number of piperidine rings is 1. The molecule has 216 valence electrons. The predicted octanol–water partition coefficient (Wildman–Crippen LogP) is 8.55. The number of nitrogens with one attached hydrogen (secondary N) is 1. The lowest BCUT2D eigenvalue weighted by Gasteiger charge is -2.32. The molecule has 1 saturated heterocycles. The molecule has 1 fully saturated rings. The van der Waals surface area contributed by atoms with E-state index in [0.29, 0.717) is 22.6 Å². The topological polar surface area (TPSA) is 32.3 Å². The molecule has 1 heterocycles. The van der Waals surface area contributed by atoms with Crippen molar-refractivity contribution in [2.75, 3.05) is 19.6 Å². The first-order valence-corrected chi connectivity index (χ1v) is 14.9. The van der Waals surface area contributed by atoms with Crippen molar-refractivity contribution >= 4 is 5.91 Å². The fourth-order valence-electron chi connectivity index (χ4n) is 6.59. The van der Waals surface area contributed by atoms with Crippen molar-refractivity contribution in [3.8, 4) is 22.3 Å². The zero-order valence-corrected chi connectivity index (χ0v) is 23.5. The second-order valence-electron chi connectivity index (χ2n) is 11.4. The van der Waals surface area contributed by atoms with Crippen molar-refractivity contribution in [1.82, 2.24) is 10.2 Å². The lowest BCUT2D eigenvalue weighted by Crippen LogP contribution is -2.44. The summed E-state index contributed by atoms with van der Waals surface area (Å²) in [5, 5.41) is 3.18. The van der Waals surface area contributed by atoms with E-state index in [1.165, 1.54) is 40.8 Å². The second kappa shape index (κ2) is 12.1. The van der Waals surface area contributed by atoms with Crippen LogP contribution in [0.2, 0.25) is 0 Å². The molecular weight excluding hydrogens is 533 g/mol. The van der Waals surface area contributed by atoms with Gasteiger partial charge in [-0.3, -0.25) is 4.79 Å². The quantitative estimate of drug-likeness (QED) is 0.216. The van der Waals surface area contributed by atoms with Crippen LogP contribution in [0.15, 0.2) is 97.1 Å². The second-order valence-corrected chi connectivity index (χ2v) is 11.4. The minimum Gasteiger partial charge on any atom is -0.349 e. The Hall–Kier alpha value is -3.90. The minimum atomic E-state index is -4.39. The molecule has 0 radical (unpaired) electrons. The summed E-state index contributed by atoms with van der Waals surface area (Å²) < 4.78 is 39.0. The zero-order chi connectivity index (χ0) is 29.1. The fourth-order valence-corrected chi connectivity index (χ4v) is 6.59. The van der Waals surface area contributed by atoms with Gasteiger partial charge in [0.25, 0.3) is 5.91 Å². The average Bonchev–Trinajstić information content (AvgIpc) is 3.33. The van der Waals surface area contributed by atoms with Gasteiger partial charge in [-0.15, -0.1) is 0 Å². The smallest absolute Gasteiger partial charge is 0.349 e. The van der Waals surface area contributed by atoms with Gasteiger partial charge in [0.15, 0.2) is 0 Å². The van der Waals surface area contributed by atoms with Gasteiger partial charge in [-0.05, 0) is 83.8 Å². The van der Waals surface area contributed by atoms with E-state index in [9.17, 15) is 18.0 Å². The number of alkyl halides is 3. The number of likely N-dealkylation sites (tertiary alicyclic amines) is 1. The number of halogens is 3. The molecule has 0 bridgehead atoms. The van der Waals surface area contributed by atoms with Gasteiger partial charge in [0.1, 0.15) is 0 Å². The van der Waals surface area contributed by atoms with E-state index in [1.807, 2.05) is 0 Å². The summed E-state index contributed by atoms with van der Waals surface area (Å²) in [5.74, 6) is 0.296. The number of benzene rings is 4. The number of fused-ring (bicyclic) bond motifs is 3. The predicted molar refractivity (Wildman–Crippen MR) is 161 cm³/mol. The molecule has 1 aliphatic heterocycles. The third-order valence-electron chi connectivity index (χ3n) is 8.80. The number of carbonyl (C=O) groups excluding carboxylic acids is 1. The van der Waals surface area contributed by atoms with Crippen LogP contribution >= 0.6 is 0 Å². The van der Waals surface area contributed by atoms with E-state index < -0.39 is 11.7 Å². The van der Waals surface area contributed by atoms with Gasteiger partial charge in [-0.1, -0.05) is 85.3 Å². The maximum absolute atomic E-state index is 13.2. The summed E-state index contributed by atoms with van der Waals surface area (Å²) >= 11 is 0. The molecule has 1 aliphatic carbocycles. The minimum absolute atomic E-state index is 0.0842. The summed E-state index contributed by atoms with van der Waals surface area (Å²) in [6.45, 7) is 2.95. The van der Waals surface area contributed by atoms with Crippen LogP contribution in [0.3, 0.4) is 0 Å². The molecule has 2 aliphatic rings. The molecule has 6 heteroatoms. The highest BCUT2D eigenvalue weighted by molar-refractivity contribution is 6.01. The van der Waals surface area contributed by atoms with E-state index in [0.717, 1.165) is 57.5 Å². The van der Waals surface area contributed by atoms with Gasteiger partial charge in [0.2, 0.25) is 0 Å². The number of amides is 1. The largest absolute Gasteiger partial charge is 0.416 e. The van der Waals surface area contributed by atoms with Gasteiger partial charge in [0.05, 0.1) is 5.56 Å². The Morgan fingerprint density at radius 2 is 1.31 bits per heavy atom.